The molecule has 0 spiro atoms. The van der Waals surface area contributed by atoms with E-state index in [1.807, 2.05) is 24.3 Å². The van der Waals surface area contributed by atoms with E-state index < -0.39 is 0 Å². The molecule has 1 aromatic carbocycles. The van der Waals surface area contributed by atoms with E-state index in [9.17, 15) is 0 Å². The van der Waals surface area contributed by atoms with Gasteiger partial charge in [0.2, 0.25) is 0 Å². The van der Waals surface area contributed by atoms with Crippen molar-refractivity contribution < 1.29 is 0 Å². The summed E-state index contributed by atoms with van der Waals surface area (Å²) in [5, 5.41) is 8.71. The number of hydrogen-bond acceptors (Lipinski definition) is 2. The molecular formula is C13H18N2. The number of nitrogens with zero attached hydrogens (tertiary/aromatic N) is 2. The van der Waals surface area contributed by atoms with Gasteiger partial charge in [0.25, 0.3) is 0 Å². The van der Waals surface area contributed by atoms with E-state index in [-0.39, 0.29) is 0 Å². The van der Waals surface area contributed by atoms with Gasteiger partial charge in [0.15, 0.2) is 0 Å². The summed E-state index contributed by atoms with van der Waals surface area (Å²) in [4.78, 5) is 2.33. The highest BCUT2D eigenvalue weighted by molar-refractivity contribution is 5.49. The van der Waals surface area contributed by atoms with Crippen LogP contribution in [-0.4, -0.2) is 13.1 Å². The van der Waals surface area contributed by atoms with Crippen LogP contribution in [0.25, 0.3) is 0 Å². The maximum absolute atomic E-state index is 8.71. The Kier molecular flexibility index (Phi) is 4.17. The first-order chi connectivity index (χ1) is 7.17. The van der Waals surface area contributed by atoms with Gasteiger partial charge in [0.1, 0.15) is 0 Å². The highest BCUT2D eigenvalue weighted by Gasteiger charge is 2.05. The van der Waals surface area contributed by atoms with E-state index >= 15 is 0 Å². The van der Waals surface area contributed by atoms with E-state index in [0.29, 0.717) is 5.92 Å². The first-order valence-electron chi connectivity index (χ1n) is 5.42. The molecule has 1 aromatic rings. The number of anilines is 1. The van der Waals surface area contributed by atoms with Gasteiger partial charge < -0.3 is 4.90 Å². The predicted octanol–water partition coefficient (Wildman–Crippen LogP) is 3.04. The molecule has 0 aliphatic heterocycles. The molecule has 0 aliphatic carbocycles. The van der Waals surface area contributed by atoms with Crippen molar-refractivity contribution in [3.8, 4) is 6.07 Å². The average molecular weight is 202 g/mol. The van der Waals surface area contributed by atoms with Gasteiger partial charge in [0.05, 0.1) is 11.6 Å². The van der Waals surface area contributed by atoms with E-state index in [1.54, 1.807) is 0 Å². The van der Waals surface area contributed by atoms with E-state index in [1.165, 1.54) is 5.69 Å². The quantitative estimate of drug-likeness (QED) is 0.750. The summed E-state index contributed by atoms with van der Waals surface area (Å²) in [6, 6.07) is 9.92. The van der Waals surface area contributed by atoms with E-state index in [2.05, 4.69) is 31.7 Å². The molecule has 0 saturated carbocycles. The zero-order chi connectivity index (χ0) is 11.3. The topological polar surface area (TPSA) is 27.0 Å². The lowest BCUT2D eigenvalue weighted by molar-refractivity contribution is 0.619. The second-order valence-corrected chi connectivity index (χ2v) is 4.09. The molecule has 0 aliphatic rings. The Morgan fingerprint density at radius 2 is 1.87 bits per heavy atom. The van der Waals surface area contributed by atoms with Gasteiger partial charge in [-0.1, -0.05) is 13.8 Å². The standard InChI is InChI=1S/C13H18N2/c1-4-15(10-11(2)3)13-7-5-12(9-14)6-8-13/h5-8,11H,4,10H2,1-3H3. The molecule has 1 rings (SSSR count). The van der Waals surface area contributed by atoms with Crippen LogP contribution in [0.15, 0.2) is 24.3 Å². The molecule has 0 bridgehead atoms. The van der Waals surface area contributed by atoms with Crippen molar-refractivity contribution in [2.75, 3.05) is 18.0 Å². The first kappa shape index (κ1) is 11.6. The SMILES string of the molecule is CCN(CC(C)C)c1ccc(C#N)cc1. The molecule has 0 amide bonds. The number of benzene rings is 1. The predicted molar refractivity (Wildman–Crippen MR) is 63.9 cm³/mol. The minimum absolute atomic E-state index is 0.653. The first-order valence-corrected chi connectivity index (χ1v) is 5.42. The van der Waals surface area contributed by atoms with E-state index in [0.717, 1.165) is 18.7 Å². The van der Waals surface area contributed by atoms with E-state index in [4.69, 9.17) is 5.26 Å². The average Bonchev–Trinajstić information content (AvgIpc) is 2.26. The minimum Gasteiger partial charge on any atom is -0.372 e. The van der Waals surface area contributed by atoms with Crippen molar-refractivity contribution in [3.05, 3.63) is 29.8 Å². The third-order valence-electron chi connectivity index (χ3n) is 2.33. The fourth-order valence-corrected chi connectivity index (χ4v) is 1.60. The van der Waals surface area contributed by atoms with Crippen molar-refractivity contribution in [2.24, 2.45) is 5.92 Å². The van der Waals surface area contributed by atoms with Gasteiger partial charge in [-0.15, -0.1) is 0 Å². The third kappa shape index (κ3) is 3.28. The fourth-order valence-electron chi connectivity index (χ4n) is 1.60. The molecular weight excluding hydrogens is 184 g/mol. The lowest BCUT2D eigenvalue weighted by Crippen LogP contribution is -2.27. The monoisotopic (exact) mass is 202 g/mol. The molecule has 2 heteroatoms. The summed E-state index contributed by atoms with van der Waals surface area (Å²) in [6.45, 7) is 8.64. The van der Waals surface area contributed by atoms with Crippen molar-refractivity contribution in [1.29, 1.82) is 5.26 Å². The van der Waals surface area contributed by atoms with Crippen LogP contribution in [0, 0.1) is 17.2 Å². The van der Waals surface area contributed by atoms with Crippen LogP contribution in [0.2, 0.25) is 0 Å². The van der Waals surface area contributed by atoms with Gasteiger partial charge in [-0.3, -0.25) is 0 Å². The molecule has 0 fully saturated rings. The molecule has 0 aromatic heterocycles. The zero-order valence-corrected chi connectivity index (χ0v) is 9.70. The Hall–Kier alpha value is -1.49. The summed E-state index contributed by atoms with van der Waals surface area (Å²) in [7, 11) is 0. The fraction of sp³-hybridized carbons (Fsp3) is 0.462. The van der Waals surface area contributed by atoms with Crippen LogP contribution in [0.3, 0.4) is 0 Å². The molecule has 80 valence electrons. The summed E-state index contributed by atoms with van der Waals surface area (Å²) < 4.78 is 0. The van der Waals surface area contributed by atoms with Gasteiger partial charge in [-0.05, 0) is 37.1 Å². The van der Waals surface area contributed by atoms with Crippen LogP contribution in [0.5, 0.6) is 0 Å². The third-order valence-corrected chi connectivity index (χ3v) is 2.33. The van der Waals surface area contributed by atoms with Crippen LogP contribution in [-0.2, 0) is 0 Å². The number of rotatable bonds is 4. The maximum atomic E-state index is 8.71. The van der Waals surface area contributed by atoms with Crippen LogP contribution in [0.4, 0.5) is 5.69 Å². The van der Waals surface area contributed by atoms with Crippen molar-refractivity contribution in [3.63, 3.8) is 0 Å². The summed E-state index contributed by atoms with van der Waals surface area (Å²) in [5.74, 6) is 0.653. The largest absolute Gasteiger partial charge is 0.372 e. The lowest BCUT2D eigenvalue weighted by Gasteiger charge is -2.25. The van der Waals surface area contributed by atoms with Gasteiger partial charge in [-0.25, -0.2) is 0 Å². The highest BCUT2D eigenvalue weighted by atomic mass is 15.1. The maximum Gasteiger partial charge on any atom is 0.0991 e. The Morgan fingerprint density at radius 3 is 2.27 bits per heavy atom. The van der Waals surface area contributed by atoms with Gasteiger partial charge in [0, 0.05) is 18.8 Å². The Bertz CT molecular complexity index is 333. The van der Waals surface area contributed by atoms with Gasteiger partial charge >= 0.3 is 0 Å². The van der Waals surface area contributed by atoms with Crippen LogP contribution < -0.4 is 4.90 Å². The summed E-state index contributed by atoms with van der Waals surface area (Å²) in [6.07, 6.45) is 0. The second-order valence-electron chi connectivity index (χ2n) is 4.09. The molecule has 0 atom stereocenters. The van der Waals surface area contributed by atoms with Crippen molar-refractivity contribution in [1.82, 2.24) is 0 Å². The smallest absolute Gasteiger partial charge is 0.0991 e. The lowest BCUT2D eigenvalue weighted by atomic mass is 10.1. The minimum atomic E-state index is 0.653. The molecule has 0 N–H and O–H groups in total. The Labute approximate surface area is 92.1 Å². The number of hydrogen-bond donors (Lipinski definition) is 0. The highest BCUT2D eigenvalue weighted by Crippen LogP contribution is 2.16. The van der Waals surface area contributed by atoms with Crippen LogP contribution >= 0.6 is 0 Å². The summed E-state index contributed by atoms with van der Waals surface area (Å²) >= 11 is 0. The van der Waals surface area contributed by atoms with Crippen LogP contribution in [0.1, 0.15) is 26.3 Å². The van der Waals surface area contributed by atoms with Gasteiger partial charge in [-0.2, -0.15) is 5.26 Å². The molecule has 0 unspecified atom stereocenters. The Balaban J connectivity index is 2.79. The molecule has 0 radical (unpaired) electrons. The molecule has 0 saturated heterocycles. The molecule has 2 nitrogen and oxygen atoms in total. The number of nitriles is 1. The zero-order valence-electron chi connectivity index (χ0n) is 9.70. The second kappa shape index (κ2) is 5.41. The normalized spacial score (nSPS) is 10.1. The molecule has 15 heavy (non-hydrogen) atoms. The Morgan fingerprint density at radius 1 is 1.27 bits per heavy atom. The molecule has 0 heterocycles. The van der Waals surface area contributed by atoms with Crippen molar-refractivity contribution in [2.45, 2.75) is 20.8 Å². The van der Waals surface area contributed by atoms with Crippen molar-refractivity contribution >= 4 is 5.69 Å². The summed E-state index contributed by atoms with van der Waals surface area (Å²) in [5.41, 5.74) is 1.92.